The second-order valence-electron chi connectivity index (χ2n) is 5.33. The molecule has 1 N–H and O–H groups in total. The summed E-state index contributed by atoms with van der Waals surface area (Å²) in [6, 6.07) is 6.23. The molecule has 1 aromatic carbocycles. The van der Waals surface area contributed by atoms with Crippen molar-refractivity contribution in [3.8, 4) is 5.75 Å². The average Bonchev–Trinajstić information content (AvgIpc) is 2.60. The van der Waals surface area contributed by atoms with Crippen molar-refractivity contribution < 1.29 is 26.4 Å². The molecule has 1 aromatic rings. The van der Waals surface area contributed by atoms with Crippen LogP contribution in [0, 0.1) is 0 Å². The number of hydrogen-bond donors (Lipinski definition) is 1. The third-order valence-corrected chi connectivity index (χ3v) is 8.51. The van der Waals surface area contributed by atoms with Crippen LogP contribution < -0.4 is 9.46 Å². The summed E-state index contributed by atoms with van der Waals surface area (Å²) in [7, 11) is -5.07. The SMILES string of the molecule is CCO[Si](OCC)(OCC)C(C)CNS(=O)(=O)c1ccc(OC)cc1. The van der Waals surface area contributed by atoms with E-state index in [0.29, 0.717) is 25.6 Å². The lowest BCUT2D eigenvalue weighted by Crippen LogP contribution is -2.52. The van der Waals surface area contributed by atoms with Gasteiger partial charge in [0, 0.05) is 31.9 Å². The van der Waals surface area contributed by atoms with Crippen molar-refractivity contribution in [1.29, 1.82) is 0 Å². The molecule has 0 aliphatic carbocycles. The number of ether oxygens (including phenoxy) is 1. The molecule has 0 fully saturated rings. The summed E-state index contributed by atoms with van der Waals surface area (Å²) in [5.74, 6) is 0.600. The van der Waals surface area contributed by atoms with Crippen molar-refractivity contribution in [2.24, 2.45) is 0 Å². The Morgan fingerprint density at radius 3 is 1.88 bits per heavy atom. The van der Waals surface area contributed by atoms with Crippen LogP contribution >= 0.6 is 0 Å². The minimum atomic E-state index is -3.64. The van der Waals surface area contributed by atoms with Crippen LogP contribution in [0.2, 0.25) is 5.54 Å². The maximum atomic E-state index is 12.5. The molecule has 0 heterocycles. The molecule has 7 nitrogen and oxygen atoms in total. The Balaban J connectivity index is 2.86. The fourth-order valence-corrected chi connectivity index (χ4v) is 6.29. The van der Waals surface area contributed by atoms with Crippen molar-refractivity contribution in [1.82, 2.24) is 4.72 Å². The monoisotopic (exact) mass is 391 g/mol. The molecule has 0 aliphatic rings. The fourth-order valence-electron chi connectivity index (χ4n) is 2.35. The molecule has 0 amide bonds. The Morgan fingerprint density at radius 2 is 1.48 bits per heavy atom. The van der Waals surface area contributed by atoms with Crippen LogP contribution in [0.3, 0.4) is 0 Å². The van der Waals surface area contributed by atoms with Crippen LogP contribution in [0.4, 0.5) is 0 Å². The van der Waals surface area contributed by atoms with Crippen LogP contribution in [0.15, 0.2) is 29.2 Å². The molecule has 0 aromatic heterocycles. The van der Waals surface area contributed by atoms with Crippen LogP contribution in [-0.4, -0.2) is 50.7 Å². The standard InChI is InChI=1S/C16H29NO6SSi/c1-6-21-25(22-7-2,23-8-3)14(4)13-17-24(18,19)16-11-9-15(20-5)10-12-16/h9-12,14,17H,6-8,13H2,1-5H3. The molecular formula is C16H29NO6SSi. The van der Waals surface area contributed by atoms with E-state index in [9.17, 15) is 8.42 Å². The van der Waals surface area contributed by atoms with Gasteiger partial charge in [-0.2, -0.15) is 0 Å². The van der Waals surface area contributed by atoms with E-state index < -0.39 is 18.8 Å². The van der Waals surface area contributed by atoms with Crippen LogP contribution in [0.1, 0.15) is 27.7 Å². The van der Waals surface area contributed by atoms with Gasteiger partial charge in [0.15, 0.2) is 0 Å². The molecule has 1 rings (SSSR count). The molecular weight excluding hydrogens is 362 g/mol. The van der Waals surface area contributed by atoms with Gasteiger partial charge in [0.1, 0.15) is 5.75 Å². The highest BCUT2D eigenvalue weighted by Crippen LogP contribution is 2.26. The minimum Gasteiger partial charge on any atom is -0.497 e. The zero-order valence-electron chi connectivity index (χ0n) is 15.6. The van der Waals surface area contributed by atoms with Crippen LogP contribution in [0.25, 0.3) is 0 Å². The van der Waals surface area contributed by atoms with E-state index >= 15 is 0 Å². The number of methoxy groups -OCH3 is 1. The topological polar surface area (TPSA) is 83.1 Å². The molecule has 0 bridgehead atoms. The summed E-state index contributed by atoms with van der Waals surface area (Å²) in [6.45, 7) is 8.99. The van der Waals surface area contributed by atoms with Crippen LogP contribution in [0.5, 0.6) is 5.75 Å². The summed E-state index contributed by atoms with van der Waals surface area (Å²) in [5, 5.41) is 0. The van der Waals surface area contributed by atoms with Gasteiger partial charge in [0.25, 0.3) is 0 Å². The molecule has 1 atom stereocenters. The Morgan fingerprint density at radius 1 is 1.00 bits per heavy atom. The summed E-state index contributed by atoms with van der Waals surface area (Å²) >= 11 is 0. The first-order valence-electron chi connectivity index (χ1n) is 8.40. The quantitative estimate of drug-likeness (QED) is 0.551. The van der Waals surface area contributed by atoms with Gasteiger partial charge in [0.2, 0.25) is 10.0 Å². The predicted octanol–water partition coefficient (Wildman–Crippen LogP) is 2.41. The molecule has 0 saturated carbocycles. The van der Waals surface area contributed by atoms with Crippen molar-refractivity contribution in [2.75, 3.05) is 33.5 Å². The third kappa shape index (κ3) is 6.05. The lowest BCUT2D eigenvalue weighted by molar-refractivity contribution is 0.0629. The van der Waals surface area contributed by atoms with Gasteiger partial charge in [0.05, 0.1) is 12.0 Å². The summed E-state index contributed by atoms with van der Waals surface area (Å²) in [6.07, 6.45) is 0. The maximum Gasteiger partial charge on any atom is 0.505 e. The van der Waals surface area contributed by atoms with Crippen molar-refractivity contribution in [2.45, 2.75) is 38.1 Å². The van der Waals surface area contributed by atoms with Crippen LogP contribution in [-0.2, 0) is 23.3 Å². The third-order valence-electron chi connectivity index (χ3n) is 3.59. The molecule has 0 aliphatic heterocycles. The number of sulfonamides is 1. The maximum absolute atomic E-state index is 12.5. The summed E-state index contributed by atoms with van der Waals surface area (Å²) in [4.78, 5) is 0.178. The Hall–Kier alpha value is -0.973. The zero-order valence-corrected chi connectivity index (χ0v) is 17.4. The van der Waals surface area contributed by atoms with Gasteiger partial charge < -0.3 is 18.0 Å². The van der Waals surface area contributed by atoms with Gasteiger partial charge in [-0.3, -0.25) is 0 Å². The summed E-state index contributed by atoms with van der Waals surface area (Å²) in [5.41, 5.74) is -0.222. The van der Waals surface area contributed by atoms with E-state index in [1.54, 1.807) is 12.1 Å². The minimum absolute atomic E-state index is 0.167. The van der Waals surface area contributed by atoms with E-state index in [2.05, 4.69) is 4.72 Å². The molecule has 1 unspecified atom stereocenters. The van der Waals surface area contributed by atoms with Gasteiger partial charge in [-0.05, 0) is 45.0 Å². The zero-order chi connectivity index (χ0) is 18.9. The lowest BCUT2D eigenvalue weighted by atomic mass is 10.3. The first-order valence-corrected chi connectivity index (χ1v) is 11.7. The fraction of sp³-hybridized carbons (Fsp3) is 0.625. The van der Waals surface area contributed by atoms with Gasteiger partial charge in [-0.25, -0.2) is 13.1 Å². The number of benzene rings is 1. The molecule has 144 valence electrons. The molecule has 9 heteroatoms. The van der Waals surface area contributed by atoms with Gasteiger partial charge >= 0.3 is 8.80 Å². The van der Waals surface area contributed by atoms with E-state index in [1.165, 1.54) is 19.2 Å². The first kappa shape index (κ1) is 22.1. The molecule has 0 spiro atoms. The number of rotatable bonds is 12. The summed E-state index contributed by atoms with van der Waals surface area (Å²) < 4.78 is 50.1. The van der Waals surface area contributed by atoms with E-state index in [-0.39, 0.29) is 17.0 Å². The van der Waals surface area contributed by atoms with Crippen molar-refractivity contribution in [3.63, 3.8) is 0 Å². The molecule has 0 saturated heterocycles. The van der Waals surface area contributed by atoms with E-state index in [4.69, 9.17) is 18.0 Å². The second-order valence-corrected chi connectivity index (χ2v) is 10.2. The lowest BCUT2D eigenvalue weighted by Gasteiger charge is -2.33. The Labute approximate surface area is 152 Å². The highest BCUT2D eigenvalue weighted by Gasteiger charge is 2.46. The van der Waals surface area contributed by atoms with E-state index in [0.717, 1.165) is 0 Å². The Kier molecular flexibility index (Phi) is 9.04. The molecule has 0 radical (unpaired) electrons. The second kappa shape index (κ2) is 10.2. The van der Waals surface area contributed by atoms with Gasteiger partial charge in [-0.1, -0.05) is 6.92 Å². The molecule has 25 heavy (non-hydrogen) atoms. The first-order chi connectivity index (χ1) is 11.8. The smallest absolute Gasteiger partial charge is 0.497 e. The number of nitrogens with one attached hydrogen (secondary N) is 1. The van der Waals surface area contributed by atoms with Crippen molar-refractivity contribution in [3.05, 3.63) is 24.3 Å². The van der Waals surface area contributed by atoms with E-state index in [1.807, 2.05) is 27.7 Å². The normalized spacial score (nSPS) is 13.6. The van der Waals surface area contributed by atoms with Crippen molar-refractivity contribution >= 4 is 18.8 Å². The largest absolute Gasteiger partial charge is 0.505 e. The predicted molar refractivity (Wildman–Crippen MR) is 98.2 cm³/mol. The van der Waals surface area contributed by atoms with Gasteiger partial charge in [-0.15, -0.1) is 0 Å². The highest BCUT2D eigenvalue weighted by molar-refractivity contribution is 7.89. The Bertz CT molecular complexity index is 591. The average molecular weight is 392 g/mol. The highest BCUT2D eigenvalue weighted by atomic mass is 32.2. The number of hydrogen-bond acceptors (Lipinski definition) is 6.